The fourth-order valence-electron chi connectivity index (χ4n) is 1.69. The molecular formula is C11H23NOS. The molecule has 1 aliphatic rings. The standard InChI is InChI=1S/C11H23NOS/c1-10(13)11(2)14-9-8-12-6-4-3-5-7-12/h10-11,13H,3-9H2,1-2H3. The Hall–Kier alpha value is 0.270. The van der Waals surface area contributed by atoms with Gasteiger partial charge in [-0.3, -0.25) is 0 Å². The maximum absolute atomic E-state index is 9.32. The number of rotatable bonds is 5. The highest BCUT2D eigenvalue weighted by molar-refractivity contribution is 7.99. The number of aliphatic hydroxyl groups is 1. The lowest BCUT2D eigenvalue weighted by Gasteiger charge is -2.26. The summed E-state index contributed by atoms with van der Waals surface area (Å²) in [7, 11) is 0. The quantitative estimate of drug-likeness (QED) is 0.761. The zero-order valence-electron chi connectivity index (χ0n) is 9.41. The van der Waals surface area contributed by atoms with Gasteiger partial charge in [0.15, 0.2) is 0 Å². The van der Waals surface area contributed by atoms with E-state index in [1.54, 1.807) is 0 Å². The number of piperidine rings is 1. The van der Waals surface area contributed by atoms with E-state index in [4.69, 9.17) is 0 Å². The van der Waals surface area contributed by atoms with Gasteiger partial charge < -0.3 is 10.0 Å². The average molecular weight is 217 g/mol. The third-order valence-corrected chi connectivity index (χ3v) is 4.25. The minimum atomic E-state index is -0.179. The van der Waals surface area contributed by atoms with Crippen LogP contribution in [0.2, 0.25) is 0 Å². The predicted molar refractivity (Wildman–Crippen MR) is 63.9 cm³/mol. The Labute approximate surface area is 92.1 Å². The van der Waals surface area contributed by atoms with Gasteiger partial charge in [0.2, 0.25) is 0 Å². The third-order valence-electron chi connectivity index (χ3n) is 2.92. The van der Waals surface area contributed by atoms with Gasteiger partial charge in [0.25, 0.3) is 0 Å². The minimum Gasteiger partial charge on any atom is -0.392 e. The summed E-state index contributed by atoms with van der Waals surface area (Å²) in [4.78, 5) is 2.55. The Bertz CT molecular complexity index is 146. The fourth-order valence-corrected chi connectivity index (χ4v) is 2.70. The van der Waals surface area contributed by atoms with Crippen LogP contribution in [0, 0.1) is 0 Å². The summed E-state index contributed by atoms with van der Waals surface area (Å²) in [6.45, 7) is 7.74. The molecular weight excluding hydrogens is 194 g/mol. The van der Waals surface area contributed by atoms with Crippen LogP contribution in [0.5, 0.6) is 0 Å². The molecule has 0 bridgehead atoms. The molecule has 84 valence electrons. The van der Waals surface area contributed by atoms with E-state index in [0.29, 0.717) is 5.25 Å². The zero-order valence-corrected chi connectivity index (χ0v) is 10.2. The van der Waals surface area contributed by atoms with Gasteiger partial charge in [-0.2, -0.15) is 11.8 Å². The molecule has 0 aliphatic carbocycles. The lowest BCUT2D eigenvalue weighted by atomic mass is 10.1. The summed E-state index contributed by atoms with van der Waals surface area (Å²) < 4.78 is 0. The Morgan fingerprint density at radius 2 is 1.86 bits per heavy atom. The van der Waals surface area contributed by atoms with Gasteiger partial charge >= 0.3 is 0 Å². The monoisotopic (exact) mass is 217 g/mol. The molecule has 1 N–H and O–H groups in total. The molecule has 0 saturated carbocycles. The summed E-state index contributed by atoms with van der Waals surface area (Å²) in [5.74, 6) is 1.16. The Morgan fingerprint density at radius 1 is 1.21 bits per heavy atom. The second-order valence-corrected chi connectivity index (χ2v) is 5.70. The number of hydrogen-bond acceptors (Lipinski definition) is 3. The van der Waals surface area contributed by atoms with E-state index in [9.17, 15) is 5.11 Å². The van der Waals surface area contributed by atoms with Crippen LogP contribution in [-0.2, 0) is 0 Å². The van der Waals surface area contributed by atoms with Crippen LogP contribution in [-0.4, -0.2) is 46.7 Å². The topological polar surface area (TPSA) is 23.5 Å². The first kappa shape index (κ1) is 12.3. The normalized spacial score (nSPS) is 23.4. The highest BCUT2D eigenvalue weighted by Crippen LogP contribution is 2.15. The van der Waals surface area contributed by atoms with Crippen LogP contribution >= 0.6 is 11.8 Å². The maximum atomic E-state index is 9.32. The van der Waals surface area contributed by atoms with Gasteiger partial charge in [-0.25, -0.2) is 0 Å². The summed E-state index contributed by atoms with van der Waals surface area (Å²) in [5, 5.41) is 9.70. The van der Waals surface area contributed by atoms with Crippen LogP contribution < -0.4 is 0 Å². The van der Waals surface area contributed by atoms with E-state index < -0.39 is 0 Å². The summed E-state index contributed by atoms with van der Waals surface area (Å²) >= 11 is 1.89. The largest absolute Gasteiger partial charge is 0.392 e. The Morgan fingerprint density at radius 3 is 2.43 bits per heavy atom. The van der Waals surface area contributed by atoms with Crippen LogP contribution in [0.25, 0.3) is 0 Å². The van der Waals surface area contributed by atoms with Crippen molar-refractivity contribution in [3.63, 3.8) is 0 Å². The van der Waals surface area contributed by atoms with E-state index in [-0.39, 0.29) is 6.10 Å². The molecule has 1 rings (SSSR count). The van der Waals surface area contributed by atoms with Gasteiger partial charge in [-0.15, -0.1) is 0 Å². The predicted octanol–water partition coefficient (Wildman–Crippen LogP) is 1.97. The smallest absolute Gasteiger partial charge is 0.0627 e. The van der Waals surface area contributed by atoms with Crippen molar-refractivity contribution in [3.8, 4) is 0 Å². The maximum Gasteiger partial charge on any atom is 0.0627 e. The SMILES string of the molecule is CC(O)C(C)SCCN1CCCCC1. The summed E-state index contributed by atoms with van der Waals surface area (Å²) in [6.07, 6.45) is 3.97. The van der Waals surface area contributed by atoms with Gasteiger partial charge in [0.1, 0.15) is 0 Å². The molecule has 2 unspecified atom stereocenters. The van der Waals surface area contributed by atoms with Crippen LogP contribution in [0.4, 0.5) is 0 Å². The Kier molecular flexibility index (Phi) is 5.90. The third kappa shape index (κ3) is 4.67. The molecule has 0 spiro atoms. The fraction of sp³-hybridized carbons (Fsp3) is 1.00. The lowest BCUT2D eigenvalue weighted by Crippen LogP contribution is -2.32. The first-order valence-electron chi connectivity index (χ1n) is 5.72. The van der Waals surface area contributed by atoms with Crippen molar-refractivity contribution in [1.29, 1.82) is 0 Å². The number of nitrogens with zero attached hydrogens (tertiary/aromatic N) is 1. The molecule has 0 aromatic rings. The van der Waals surface area contributed by atoms with Gasteiger partial charge in [0.05, 0.1) is 6.10 Å². The van der Waals surface area contributed by atoms with E-state index in [0.717, 1.165) is 5.75 Å². The van der Waals surface area contributed by atoms with E-state index >= 15 is 0 Å². The van der Waals surface area contributed by atoms with Gasteiger partial charge in [-0.1, -0.05) is 13.3 Å². The van der Waals surface area contributed by atoms with E-state index in [1.807, 2.05) is 18.7 Å². The lowest BCUT2D eigenvalue weighted by molar-refractivity contribution is 0.196. The molecule has 0 radical (unpaired) electrons. The van der Waals surface area contributed by atoms with Crippen molar-refractivity contribution in [2.75, 3.05) is 25.4 Å². The van der Waals surface area contributed by atoms with Crippen molar-refractivity contribution in [1.82, 2.24) is 4.90 Å². The molecule has 1 heterocycles. The highest BCUT2D eigenvalue weighted by Gasteiger charge is 2.12. The number of hydrogen-bond donors (Lipinski definition) is 1. The first-order chi connectivity index (χ1) is 6.70. The molecule has 2 nitrogen and oxygen atoms in total. The van der Waals surface area contributed by atoms with Crippen LogP contribution in [0.15, 0.2) is 0 Å². The number of likely N-dealkylation sites (tertiary alicyclic amines) is 1. The summed E-state index contributed by atoms with van der Waals surface area (Å²) in [5.41, 5.74) is 0. The Balaban J connectivity index is 2.02. The van der Waals surface area contributed by atoms with Gasteiger partial charge in [-0.05, 0) is 32.9 Å². The van der Waals surface area contributed by atoms with Crippen molar-refractivity contribution >= 4 is 11.8 Å². The second kappa shape index (κ2) is 6.70. The molecule has 0 aromatic carbocycles. The molecule has 3 heteroatoms. The molecule has 1 saturated heterocycles. The molecule has 1 aliphatic heterocycles. The molecule has 0 aromatic heterocycles. The molecule has 2 atom stereocenters. The van der Waals surface area contributed by atoms with Crippen molar-refractivity contribution in [2.45, 2.75) is 44.5 Å². The van der Waals surface area contributed by atoms with Crippen molar-refractivity contribution in [2.24, 2.45) is 0 Å². The van der Waals surface area contributed by atoms with E-state index in [2.05, 4.69) is 11.8 Å². The first-order valence-corrected chi connectivity index (χ1v) is 6.77. The van der Waals surface area contributed by atoms with Crippen LogP contribution in [0.1, 0.15) is 33.1 Å². The van der Waals surface area contributed by atoms with E-state index in [1.165, 1.54) is 38.9 Å². The number of aliphatic hydroxyl groups excluding tert-OH is 1. The van der Waals surface area contributed by atoms with Crippen LogP contribution in [0.3, 0.4) is 0 Å². The highest BCUT2D eigenvalue weighted by atomic mass is 32.2. The van der Waals surface area contributed by atoms with Crippen molar-refractivity contribution in [3.05, 3.63) is 0 Å². The zero-order chi connectivity index (χ0) is 10.4. The van der Waals surface area contributed by atoms with Gasteiger partial charge in [0, 0.05) is 17.5 Å². The molecule has 14 heavy (non-hydrogen) atoms. The molecule has 1 fully saturated rings. The minimum absolute atomic E-state index is 0.179. The second-order valence-electron chi connectivity index (χ2n) is 4.22. The van der Waals surface area contributed by atoms with Crippen molar-refractivity contribution < 1.29 is 5.11 Å². The average Bonchev–Trinajstić information content (AvgIpc) is 2.19. The summed E-state index contributed by atoms with van der Waals surface area (Å²) in [6, 6.07) is 0. The molecule has 0 amide bonds. The number of thioether (sulfide) groups is 1.